The minimum absolute atomic E-state index is 0.0810. The van der Waals surface area contributed by atoms with Gasteiger partial charge in [0.15, 0.2) is 6.10 Å². The highest BCUT2D eigenvalue weighted by atomic mass is 16.6. The molecule has 0 saturated heterocycles. The van der Waals surface area contributed by atoms with Crippen molar-refractivity contribution in [3.8, 4) is 0 Å². The second kappa shape index (κ2) is 70.8. The summed E-state index contributed by atoms with van der Waals surface area (Å²) in [4.78, 5) is 38.5. The second-order valence-electron chi connectivity index (χ2n) is 23.8. The van der Waals surface area contributed by atoms with Gasteiger partial charge in [-0.25, -0.2) is 0 Å². The van der Waals surface area contributed by atoms with E-state index < -0.39 is 6.10 Å². The average molecular weight is 1160 g/mol. The lowest BCUT2D eigenvalue weighted by Gasteiger charge is -2.18. The molecule has 0 rings (SSSR count). The maximum absolute atomic E-state index is 13.0. The minimum Gasteiger partial charge on any atom is -0.462 e. The van der Waals surface area contributed by atoms with Crippen LogP contribution < -0.4 is 0 Å². The van der Waals surface area contributed by atoms with E-state index in [4.69, 9.17) is 14.2 Å². The predicted octanol–water partition coefficient (Wildman–Crippen LogP) is 24.8. The topological polar surface area (TPSA) is 78.9 Å². The third-order valence-electron chi connectivity index (χ3n) is 15.5. The highest BCUT2D eigenvalue weighted by Crippen LogP contribution is 2.17. The summed E-state index contributed by atoms with van der Waals surface area (Å²) in [7, 11) is 0. The van der Waals surface area contributed by atoms with Gasteiger partial charge in [-0.15, -0.1) is 0 Å². The quantitative estimate of drug-likeness (QED) is 0.0261. The number of hydrogen-bond donors (Lipinski definition) is 0. The Morgan fingerprint density at radius 3 is 0.759 bits per heavy atom. The smallest absolute Gasteiger partial charge is 0.306 e. The van der Waals surface area contributed by atoms with E-state index in [1.807, 2.05) is 0 Å². The Morgan fingerprint density at radius 1 is 0.253 bits per heavy atom. The first-order valence-electron chi connectivity index (χ1n) is 35.7. The van der Waals surface area contributed by atoms with Gasteiger partial charge in [-0.05, 0) is 122 Å². The van der Waals surface area contributed by atoms with E-state index in [0.29, 0.717) is 19.3 Å². The van der Waals surface area contributed by atoms with Crippen molar-refractivity contribution < 1.29 is 28.6 Å². The van der Waals surface area contributed by atoms with Crippen LogP contribution in [0.4, 0.5) is 0 Å². The Labute approximate surface area is 515 Å². The van der Waals surface area contributed by atoms with Crippen molar-refractivity contribution in [1.29, 1.82) is 0 Å². The standard InChI is InChI=1S/C77H134O6/c1-4-7-10-13-16-19-22-25-28-31-33-34-35-36-37-38-39-40-41-42-44-46-49-52-55-58-61-64-67-70-76(79)82-73-74(72-81-75(78)69-66-63-60-57-54-51-48-45-30-27-24-21-18-15-12-9-6-3)83-77(80)71-68-65-62-59-56-53-50-47-43-32-29-26-23-20-17-14-11-8-5-2/h9,12,17-18,20-22,25-27,29-31,33,35-36,74H,4-8,10-11,13-16,19,23-24,28,32,34,37-73H2,1-3H3/b12-9-,20-17-,21-18-,25-22-,29-26-,30-27-,33-31-,36-35-. The first kappa shape index (κ1) is 79.3. The summed E-state index contributed by atoms with van der Waals surface area (Å²) in [6.07, 6.45) is 95.7. The lowest BCUT2D eigenvalue weighted by molar-refractivity contribution is -0.167. The zero-order chi connectivity index (χ0) is 59.9. The molecule has 0 fully saturated rings. The lowest BCUT2D eigenvalue weighted by Crippen LogP contribution is -2.30. The molecule has 0 amide bonds. The van der Waals surface area contributed by atoms with E-state index in [0.717, 1.165) is 103 Å². The van der Waals surface area contributed by atoms with Crippen molar-refractivity contribution >= 4 is 17.9 Å². The summed E-state index contributed by atoms with van der Waals surface area (Å²) < 4.78 is 17.0. The number of unbranched alkanes of at least 4 members (excludes halogenated alkanes) is 38. The molecule has 0 bridgehead atoms. The zero-order valence-electron chi connectivity index (χ0n) is 54.9. The van der Waals surface area contributed by atoms with Crippen molar-refractivity contribution in [2.45, 2.75) is 361 Å². The van der Waals surface area contributed by atoms with Gasteiger partial charge in [0.2, 0.25) is 0 Å². The van der Waals surface area contributed by atoms with Crippen LogP contribution in [0.5, 0.6) is 0 Å². The molecule has 1 atom stereocenters. The first-order valence-corrected chi connectivity index (χ1v) is 35.7. The molecule has 0 heterocycles. The summed E-state index contributed by atoms with van der Waals surface area (Å²) in [6.45, 7) is 6.52. The third kappa shape index (κ3) is 69.0. The molecule has 0 aliphatic rings. The lowest BCUT2D eigenvalue weighted by atomic mass is 10.0. The van der Waals surface area contributed by atoms with Gasteiger partial charge < -0.3 is 14.2 Å². The Bertz CT molecular complexity index is 1610. The second-order valence-corrected chi connectivity index (χ2v) is 23.8. The van der Waals surface area contributed by atoms with Crippen LogP contribution in [-0.4, -0.2) is 37.2 Å². The molecule has 83 heavy (non-hydrogen) atoms. The van der Waals surface area contributed by atoms with Crippen LogP contribution in [0.2, 0.25) is 0 Å². The normalized spacial score (nSPS) is 12.7. The fourth-order valence-corrected chi connectivity index (χ4v) is 10.2. The van der Waals surface area contributed by atoms with Crippen molar-refractivity contribution in [2.75, 3.05) is 13.2 Å². The van der Waals surface area contributed by atoms with Crippen molar-refractivity contribution in [3.63, 3.8) is 0 Å². The van der Waals surface area contributed by atoms with E-state index in [1.165, 1.54) is 212 Å². The van der Waals surface area contributed by atoms with E-state index >= 15 is 0 Å². The molecule has 0 aromatic heterocycles. The number of allylic oxidation sites excluding steroid dienone is 16. The minimum atomic E-state index is -0.787. The van der Waals surface area contributed by atoms with E-state index in [-0.39, 0.29) is 31.1 Å². The fourth-order valence-electron chi connectivity index (χ4n) is 10.2. The van der Waals surface area contributed by atoms with Gasteiger partial charge in [0, 0.05) is 19.3 Å². The molecule has 1 unspecified atom stereocenters. The van der Waals surface area contributed by atoms with Crippen LogP contribution in [0.15, 0.2) is 97.2 Å². The third-order valence-corrected chi connectivity index (χ3v) is 15.5. The maximum Gasteiger partial charge on any atom is 0.306 e. The summed E-state index contributed by atoms with van der Waals surface area (Å²) in [5.41, 5.74) is 0. The molecule has 0 radical (unpaired) electrons. The summed E-state index contributed by atoms with van der Waals surface area (Å²) in [6, 6.07) is 0. The van der Waals surface area contributed by atoms with Gasteiger partial charge in [-0.3, -0.25) is 14.4 Å². The van der Waals surface area contributed by atoms with Gasteiger partial charge in [-0.2, -0.15) is 0 Å². The van der Waals surface area contributed by atoms with Gasteiger partial charge >= 0.3 is 17.9 Å². The number of ether oxygens (including phenoxy) is 3. The number of carbonyl (C=O) groups excluding carboxylic acids is 3. The molecular formula is C77H134O6. The van der Waals surface area contributed by atoms with Crippen LogP contribution in [0.3, 0.4) is 0 Å². The van der Waals surface area contributed by atoms with Crippen molar-refractivity contribution in [1.82, 2.24) is 0 Å². The Kier molecular flexibility index (Phi) is 67.7. The average Bonchev–Trinajstić information content (AvgIpc) is 3.50. The summed E-state index contributed by atoms with van der Waals surface area (Å²) in [5.74, 6) is -0.880. The number of carbonyl (C=O) groups is 3. The van der Waals surface area contributed by atoms with Crippen LogP contribution in [-0.2, 0) is 28.6 Å². The van der Waals surface area contributed by atoms with Crippen LogP contribution in [0.1, 0.15) is 355 Å². The molecule has 0 spiro atoms. The van der Waals surface area contributed by atoms with E-state index in [9.17, 15) is 14.4 Å². The molecule has 0 aromatic rings. The van der Waals surface area contributed by atoms with Gasteiger partial charge in [-0.1, -0.05) is 311 Å². The Morgan fingerprint density at radius 2 is 0.470 bits per heavy atom. The van der Waals surface area contributed by atoms with Crippen LogP contribution >= 0.6 is 0 Å². The zero-order valence-corrected chi connectivity index (χ0v) is 54.9. The van der Waals surface area contributed by atoms with Crippen molar-refractivity contribution in [2.24, 2.45) is 0 Å². The number of hydrogen-bond acceptors (Lipinski definition) is 6. The summed E-state index contributed by atoms with van der Waals surface area (Å²) in [5, 5.41) is 0. The predicted molar refractivity (Wildman–Crippen MR) is 362 cm³/mol. The molecular weight excluding hydrogens is 1020 g/mol. The molecule has 0 aliphatic carbocycles. The molecule has 0 aromatic carbocycles. The van der Waals surface area contributed by atoms with Gasteiger partial charge in [0.25, 0.3) is 0 Å². The molecule has 0 saturated carbocycles. The van der Waals surface area contributed by atoms with E-state index in [1.54, 1.807) is 0 Å². The highest BCUT2D eigenvalue weighted by molar-refractivity contribution is 5.71. The highest BCUT2D eigenvalue weighted by Gasteiger charge is 2.19. The molecule has 6 nitrogen and oxygen atoms in total. The van der Waals surface area contributed by atoms with Crippen LogP contribution in [0, 0.1) is 0 Å². The Hall–Kier alpha value is -3.67. The van der Waals surface area contributed by atoms with Crippen molar-refractivity contribution in [3.05, 3.63) is 97.2 Å². The monoisotopic (exact) mass is 1160 g/mol. The molecule has 0 aliphatic heterocycles. The van der Waals surface area contributed by atoms with Crippen LogP contribution in [0.25, 0.3) is 0 Å². The Balaban J connectivity index is 4.30. The molecule has 6 heteroatoms. The fraction of sp³-hybridized carbons (Fsp3) is 0.753. The number of rotatable bonds is 65. The molecule has 0 N–H and O–H groups in total. The summed E-state index contributed by atoms with van der Waals surface area (Å²) >= 11 is 0. The van der Waals surface area contributed by atoms with Gasteiger partial charge in [0.1, 0.15) is 13.2 Å². The SMILES string of the molecule is CC/C=C\C/C=C\C/C=C\CCCCCCCCCC(=O)OCC(COC(=O)CCCCCCCCCCCCCCCC/C=C\C/C=C\C/C=C\CCCCCCC)OC(=O)CCCCCCCCCCC/C=C\C/C=C\CCCCC. The first-order chi connectivity index (χ1) is 41.0. The van der Waals surface area contributed by atoms with E-state index in [2.05, 4.69) is 118 Å². The number of esters is 3. The van der Waals surface area contributed by atoms with Gasteiger partial charge in [0.05, 0.1) is 0 Å². The largest absolute Gasteiger partial charge is 0.462 e. The maximum atomic E-state index is 13.0. The molecule has 478 valence electrons.